The van der Waals surface area contributed by atoms with Gasteiger partial charge < -0.3 is 14.4 Å². The second-order valence-electron chi connectivity index (χ2n) is 8.64. The number of amides is 1. The van der Waals surface area contributed by atoms with E-state index >= 15 is 0 Å². The van der Waals surface area contributed by atoms with Gasteiger partial charge in [0.05, 0.1) is 25.7 Å². The van der Waals surface area contributed by atoms with Gasteiger partial charge >= 0.3 is 11.9 Å². The number of esters is 2. The van der Waals surface area contributed by atoms with E-state index in [4.69, 9.17) is 9.47 Å². The molecule has 0 radical (unpaired) electrons. The molecule has 1 amide bonds. The Kier molecular flexibility index (Phi) is 3.59. The van der Waals surface area contributed by atoms with E-state index in [1.807, 2.05) is 24.3 Å². The number of carbonyl (C=O) groups is 4. The number of para-hydroxylation sites is 1. The van der Waals surface area contributed by atoms with E-state index in [0.29, 0.717) is 19.3 Å². The third-order valence-electron chi connectivity index (χ3n) is 7.84. The largest absolute Gasteiger partial charge is 0.468 e. The molecule has 0 N–H and O–H groups in total. The summed E-state index contributed by atoms with van der Waals surface area (Å²) < 4.78 is 9.91. The van der Waals surface area contributed by atoms with Crippen molar-refractivity contribution in [1.29, 1.82) is 0 Å². The molecule has 1 aromatic rings. The summed E-state index contributed by atoms with van der Waals surface area (Å²) in [5.41, 5.74) is -0.617. The highest BCUT2D eigenvalue weighted by Gasteiger charge is 2.82. The SMILES string of the molecule is COC(=O)C1(C(=O)OC)C[C@H]1[C@H]1[C@H]2CCC(=O)N3c4ccccc4[C@]1(C(C)=O)[C@@H]23. The first-order valence-electron chi connectivity index (χ1n) is 9.96. The molecule has 3 fully saturated rings. The second-order valence-corrected chi connectivity index (χ2v) is 8.64. The summed E-state index contributed by atoms with van der Waals surface area (Å²) in [7, 11) is 2.53. The minimum Gasteiger partial charge on any atom is -0.468 e. The minimum absolute atomic E-state index is 0.0241. The number of rotatable bonds is 4. The number of fused-ring (bicyclic) bond motifs is 3. The molecule has 2 saturated carbocycles. The Labute approximate surface area is 168 Å². The molecular formula is C22H23NO6. The summed E-state index contributed by atoms with van der Waals surface area (Å²) in [6, 6.07) is 7.30. The molecule has 0 aromatic heterocycles. The molecule has 1 saturated heterocycles. The van der Waals surface area contributed by atoms with Gasteiger partial charge in [-0.25, -0.2) is 0 Å². The molecule has 2 aliphatic heterocycles. The maximum atomic E-state index is 13.2. The van der Waals surface area contributed by atoms with Crippen LogP contribution in [-0.2, 0) is 34.1 Å². The molecule has 29 heavy (non-hydrogen) atoms. The van der Waals surface area contributed by atoms with Crippen molar-refractivity contribution in [3.8, 4) is 0 Å². The highest BCUT2D eigenvalue weighted by molar-refractivity contribution is 6.08. The Morgan fingerprint density at radius 3 is 2.38 bits per heavy atom. The lowest BCUT2D eigenvalue weighted by atomic mass is 9.44. The van der Waals surface area contributed by atoms with E-state index < -0.39 is 22.8 Å². The molecule has 4 aliphatic rings. The number of nitrogens with zero attached hydrogens (tertiary/aromatic N) is 1. The van der Waals surface area contributed by atoms with Crippen LogP contribution in [0.4, 0.5) is 5.69 Å². The van der Waals surface area contributed by atoms with Crippen LogP contribution in [0, 0.1) is 23.2 Å². The molecule has 5 atom stereocenters. The number of piperidine rings is 1. The Hall–Kier alpha value is -2.70. The van der Waals surface area contributed by atoms with E-state index in [1.54, 1.807) is 11.8 Å². The van der Waals surface area contributed by atoms with Crippen molar-refractivity contribution in [3.05, 3.63) is 29.8 Å². The highest BCUT2D eigenvalue weighted by atomic mass is 16.5. The molecule has 0 spiro atoms. The predicted molar refractivity (Wildman–Crippen MR) is 101 cm³/mol. The first kappa shape index (κ1) is 18.3. The Balaban J connectivity index is 1.67. The van der Waals surface area contributed by atoms with Crippen molar-refractivity contribution < 1.29 is 28.7 Å². The van der Waals surface area contributed by atoms with Gasteiger partial charge in [0.15, 0.2) is 5.41 Å². The lowest BCUT2D eigenvalue weighted by molar-refractivity contribution is -0.166. The maximum absolute atomic E-state index is 13.2. The lowest BCUT2D eigenvalue weighted by Gasteiger charge is -2.61. The summed E-state index contributed by atoms with van der Waals surface area (Å²) in [5.74, 6) is -1.69. The number of anilines is 1. The molecule has 0 unspecified atom stereocenters. The zero-order valence-electron chi connectivity index (χ0n) is 16.6. The number of benzene rings is 1. The fourth-order valence-corrected chi connectivity index (χ4v) is 6.79. The standard InChI is InChI=1S/C22H23NO6/c1-11(24)22-13-6-4-5-7-15(13)23-16(25)9-8-12(18(22)23)17(22)14-10-21(14,19(26)28-2)20(27)29-3/h4-7,12,14,17-18H,8-10H2,1-3H3/t12-,14+,17-,18-,22+/m1/s1. The first-order valence-corrected chi connectivity index (χ1v) is 9.96. The number of hydrogen-bond donors (Lipinski definition) is 0. The van der Waals surface area contributed by atoms with Crippen LogP contribution in [-0.4, -0.2) is 43.9 Å². The fraction of sp³-hybridized carbons (Fsp3) is 0.545. The summed E-state index contributed by atoms with van der Waals surface area (Å²) in [4.78, 5) is 53.0. The van der Waals surface area contributed by atoms with Gasteiger partial charge in [0.1, 0.15) is 5.78 Å². The van der Waals surface area contributed by atoms with Crippen LogP contribution in [0.5, 0.6) is 0 Å². The third kappa shape index (κ3) is 1.84. The Morgan fingerprint density at radius 1 is 1.10 bits per heavy atom. The van der Waals surface area contributed by atoms with Crippen molar-refractivity contribution in [2.24, 2.45) is 23.2 Å². The van der Waals surface area contributed by atoms with Crippen molar-refractivity contribution in [2.75, 3.05) is 19.1 Å². The van der Waals surface area contributed by atoms with Crippen LogP contribution in [0.2, 0.25) is 0 Å². The van der Waals surface area contributed by atoms with Crippen molar-refractivity contribution in [2.45, 2.75) is 37.6 Å². The quantitative estimate of drug-likeness (QED) is 0.567. The van der Waals surface area contributed by atoms with E-state index in [0.717, 1.165) is 11.3 Å². The normalized spacial score (nSPS) is 35.1. The topological polar surface area (TPSA) is 90.0 Å². The summed E-state index contributed by atoms with van der Waals surface area (Å²) in [6.45, 7) is 1.56. The lowest BCUT2D eigenvalue weighted by Crippen LogP contribution is -2.73. The molecule has 1 aromatic carbocycles. The monoisotopic (exact) mass is 397 g/mol. The van der Waals surface area contributed by atoms with Gasteiger partial charge in [0.2, 0.25) is 5.91 Å². The number of methoxy groups -OCH3 is 2. The van der Waals surface area contributed by atoms with Gasteiger partial charge in [0.25, 0.3) is 0 Å². The van der Waals surface area contributed by atoms with Gasteiger partial charge in [-0.2, -0.15) is 0 Å². The number of hydrogen-bond acceptors (Lipinski definition) is 6. The molecule has 7 nitrogen and oxygen atoms in total. The zero-order chi connectivity index (χ0) is 20.7. The average Bonchev–Trinajstić information content (AvgIpc) is 3.36. The van der Waals surface area contributed by atoms with Gasteiger partial charge in [0, 0.05) is 12.1 Å². The van der Waals surface area contributed by atoms with Crippen LogP contribution in [0.1, 0.15) is 31.7 Å². The second kappa shape index (κ2) is 5.68. The smallest absolute Gasteiger partial charge is 0.323 e. The fourth-order valence-electron chi connectivity index (χ4n) is 6.79. The highest BCUT2D eigenvalue weighted by Crippen LogP contribution is 2.74. The zero-order valence-corrected chi connectivity index (χ0v) is 16.6. The van der Waals surface area contributed by atoms with Crippen LogP contribution in [0.15, 0.2) is 24.3 Å². The van der Waals surface area contributed by atoms with E-state index in [9.17, 15) is 19.2 Å². The molecule has 2 aliphatic carbocycles. The Bertz CT molecular complexity index is 954. The van der Waals surface area contributed by atoms with Crippen LogP contribution in [0.25, 0.3) is 0 Å². The molecular weight excluding hydrogens is 374 g/mol. The van der Waals surface area contributed by atoms with Crippen LogP contribution < -0.4 is 4.90 Å². The molecule has 0 bridgehead atoms. The Morgan fingerprint density at radius 2 is 1.76 bits per heavy atom. The van der Waals surface area contributed by atoms with Crippen LogP contribution in [0.3, 0.4) is 0 Å². The van der Waals surface area contributed by atoms with Crippen LogP contribution >= 0.6 is 0 Å². The number of carbonyl (C=O) groups excluding carboxylic acids is 4. The minimum atomic E-state index is -1.36. The number of ether oxygens (including phenoxy) is 2. The summed E-state index contributed by atoms with van der Waals surface area (Å²) >= 11 is 0. The van der Waals surface area contributed by atoms with Crippen molar-refractivity contribution >= 4 is 29.3 Å². The molecule has 2 heterocycles. The van der Waals surface area contributed by atoms with Gasteiger partial charge in [-0.05, 0) is 49.1 Å². The maximum Gasteiger partial charge on any atom is 0.323 e. The first-order chi connectivity index (χ1) is 13.9. The number of ketones is 1. The number of Topliss-reactive ketones (excluding diaryl/α,β-unsaturated/α-hetero) is 1. The van der Waals surface area contributed by atoms with E-state index in [2.05, 4.69) is 0 Å². The van der Waals surface area contributed by atoms with Gasteiger partial charge in [-0.3, -0.25) is 19.2 Å². The van der Waals surface area contributed by atoms with Crippen molar-refractivity contribution in [1.82, 2.24) is 0 Å². The van der Waals surface area contributed by atoms with E-state index in [-0.39, 0.29) is 35.5 Å². The summed E-state index contributed by atoms with van der Waals surface area (Å²) in [6.07, 6.45) is 1.37. The van der Waals surface area contributed by atoms with Gasteiger partial charge in [-0.1, -0.05) is 18.2 Å². The average molecular weight is 397 g/mol. The summed E-state index contributed by atoms with van der Waals surface area (Å²) in [5, 5.41) is 0. The third-order valence-corrected chi connectivity index (χ3v) is 7.84. The molecule has 5 rings (SSSR count). The molecule has 7 heteroatoms. The van der Waals surface area contributed by atoms with Gasteiger partial charge in [-0.15, -0.1) is 0 Å². The van der Waals surface area contributed by atoms with Crippen molar-refractivity contribution in [3.63, 3.8) is 0 Å². The van der Waals surface area contributed by atoms with E-state index in [1.165, 1.54) is 14.2 Å². The predicted octanol–water partition coefficient (Wildman–Crippen LogP) is 1.62. The molecule has 152 valence electrons.